The third-order valence-electron chi connectivity index (χ3n) is 3.35. The van der Waals surface area contributed by atoms with Crippen LogP contribution < -0.4 is 4.74 Å². The summed E-state index contributed by atoms with van der Waals surface area (Å²) in [7, 11) is 1.67. The van der Waals surface area contributed by atoms with Gasteiger partial charge in [-0.2, -0.15) is 0 Å². The minimum atomic E-state index is -0.219. The van der Waals surface area contributed by atoms with Crippen molar-refractivity contribution < 1.29 is 19.0 Å². The lowest BCUT2D eigenvalue weighted by molar-refractivity contribution is -0.151. The minimum absolute atomic E-state index is 0.0793. The number of carbonyl (C=O) groups excluding carboxylic acids is 1. The lowest BCUT2D eigenvalue weighted by atomic mass is 10.0. The van der Waals surface area contributed by atoms with Crippen LogP contribution in [0, 0.1) is 6.92 Å². The van der Waals surface area contributed by atoms with Gasteiger partial charge in [0.05, 0.1) is 12.7 Å². The highest BCUT2D eigenvalue weighted by Gasteiger charge is 2.23. The molecule has 0 aromatic heterocycles. The van der Waals surface area contributed by atoms with Crippen LogP contribution in [0.2, 0.25) is 0 Å². The molecule has 1 aromatic carbocycles. The number of aryl methyl sites for hydroxylation is 1. The first-order valence-corrected chi connectivity index (χ1v) is 8.68. The minimum Gasteiger partial charge on any atom is -0.497 e. The lowest BCUT2D eigenvalue weighted by Gasteiger charge is -2.28. The number of benzene rings is 1. The van der Waals surface area contributed by atoms with E-state index in [9.17, 15) is 4.79 Å². The predicted octanol–water partition coefficient (Wildman–Crippen LogP) is 4.93. The molecule has 0 aliphatic carbocycles. The number of methoxy groups -OCH3 is 1. The van der Waals surface area contributed by atoms with E-state index in [2.05, 4.69) is 13.8 Å². The van der Waals surface area contributed by atoms with E-state index in [0.29, 0.717) is 6.42 Å². The van der Waals surface area contributed by atoms with Crippen LogP contribution in [-0.2, 0) is 14.3 Å². The van der Waals surface area contributed by atoms with Gasteiger partial charge in [-0.05, 0) is 46.2 Å². The Bertz CT molecular complexity index is 451. The van der Waals surface area contributed by atoms with Gasteiger partial charge in [-0.15, -0.1) is 0 Å². The number of carbonyl (C=O) groups is 1. The predicted molar refractivity (Wildman–Crippen MR) is 98.5 cm³/mol. The summed E-state index contributed by atoms with van der Waals surface area (Å²) in [5.74, 6) is 0.773. The zero-order valence-corrected chi connectivity index (χ0v) is 16.3. The zero-order chi connectivity index (χ0) is 18.6. The van der Waals surface area contributed by atoms with Crippen LogP contribution in [0.15, 0.2) is 24.3 Å². The Labute approximate surface area is 147 Å². The van der Waals surface area contributed by atoms with Crippen molar-refractivity contribution in [2.75, 3.05) is 13.7 Å². The van der Waals surface area contributed by atoms with Gasteiger partial charge < -0.3 is 14.2 Å². The van der Waals surface area contributed by atoms with Crippen LogP contribution in [0.25, 0.3) is 0 Å². The fraction of sp³-hybridized carbons (Fsp3) is 0.650. The molecule has 1 aromatic rings. The summed E-state index contributed by atoms with van der Waals surface area (Å²) in [6, 6.07) is 7.96. The largest absolute Gasteiger partial charge is 0.497 e. The molecule has 1 rings (SSSR count). The van der Waals surface area contributed by atoms with Crippen LogP contribution in [0.4, 0.5) is 0 Å². The Morgan fingerprint density at radius 2 is 1.75 bits per heavy atom. The summed E-state index contributed by atoms with van der Waals surface area (Å²) >= 11 is 0. The van der Waals surface area contributed by atoms with E-state index in [4.69, 9.17) is 14.2 Å². The smallest absolute Gasteiger partial charge is 0.305 e. The van der Waals surface area contributed by atoms with Crippen molar-refractivity contribution in [2.45, 2.75) is 72.5 Å². The molecule has 4 nitrogen and oxygen atoms in total. The van der Waals surface area contributed by atoms with E-state index in [1.165, 1.54) is 5.56 Å². The van der Waals surface area contributed by atoms with E-state index in [-0.39, 0.29) is 17.7 Å². The van der Waals surface area contributed by atoms with Gasteiger partial charge in [0, 0.05) is 19.4 Å². The van der Waals surface area contributed by atoms with Crippen molar-refractivity contribution in [1.82, 2.24) is 0 Å². The molecular weight excluding hydrogens is 304 g/mol. The number of hydrogen-bond acceptors (Lipinski definition) is 4. The van der Waals surface area contributed by atoms with Gasteiger partial charge in [-0.1, -0.05) is 31.5 Å². The van der Waals surface area contributed by atoms with Gasteiger partial charge in [0.2, 0.25) is 0 Å². The van der Waals surface area contributed by atoms with Crippen LogP contribution in [0.5, 0.6) is 5.75 Å². The van der Waals surface area contributed by atoms with Crippen molar-refractivity contribution in [2.24, 2.45) is 0 Å². The third kappa shape index (κ3) is 11.1. The average molecular weight is 338 g/mol. The first-order chi connectivity index (χ1) is 11.2. The van der Waals surface area contributed by atoms with Crippen LogP contribution >= 0.6 is 0 Å². The molecule has 24 heavy (non-hydrogen) atoms. The topological polar surface area (TPSA) is 44.8 Å². The molecule has 0 N–H and O–H groups in total. The molecule has 1 unspecified atom stereocenters. The highest BCUT2D eigenvalue weighted by atomic mass is 16.5. The second-order valence-corrected chi connectivity index (χ2v) is 6.48. The second kappa shape index (κ2) is 11.9. The van der Waals surface area contributed by atoms with E-state index in [0.717, 1.165) is 25.2 Å². The Balaban J connectivity index is 0.000000496. The molecule has 1 atom stereocenters. The Morgan fingerprint density at radius 1 is 1.17 bits per heavy atom. The molecule has 0 bridgehead atoms. The van der Waals surface area contributed by atoms with Gasteiger partial charge in [-0.25, -0.2) is 0 Å². The standard InChI is InChI=1S/C12H24O3.C8H10O/c1-6-8-14-12(4,5)9-10(3)15-11(13)7-2;1-7-3-5-8(9-2)6-4-7/h10H,6-9H2,1-5H3;3-6H,1-2H3. The Morgan fingerprint density at radius 3 is 2.21 bits per heavy atom. The van der Waals surface area contributed by atoms with Crippen molar-refractivity contribution in [1.29, 1.82) is 0 Å². The van der Waals surface area contributed by atoms with Crippen molar-refractivity contribution in [3.05, 3.63) is 29.8 Å². The molecule has 0 spiro atoms. The van der Waals surface area contributed by atoms with Gasteiger partial charge in [0.25, 0.3) is 0 Å². The molecule has 4 heteroatoms. The first kappa shape index (κ1) is 22.4. The highest BCUT2D eigenvalue weighted by molar-refractivity contribution is 5.69. The molecule has 0 amide bonds. The fourth-order valence-corrected chi connectivity index (χ4v) is 2.15. The van der Waals surface area contributed by atoms with Gasteiger partial charge in [0.1, 0.15) is 11.9 Å². The molecule has 0 aliphatic heterocycles. The van der Waals surface area contributed by atoms with Gasteiger partial charge >= 0.3 is 5.97 Å². The summed E-state index contributed by atoms with van der Waals surface area (Å²) < 4.78 is 15.8. The molecular formula is C20H34O4. The lowest BCUT2D eigenvalue weighted by Crippen LogP contribution is -2.31. The number of hydrogen-bond donors (Lipinski definition) is 0. The molecule has 0 radical (unpaired) electrons. The number of esters is 1. The summed E-state index contributed by atoms with van der Waals surface area (Å²) in [4.78, 5) is 11.1. The van der Waals surface area contributed by atoms with Gasteiger partial charge in [-0.3, -0.25) is 4.79 Å². The molecule has 0 fully saturated rings. The van der Waals surface area contributed by atoms with Crippen LogP contribution in [0.3, 0.4) is 0 Å². The van der Waals surface area contributed by atoms with E-state index >= 15 is 0 Å². The second-order valence-electron chi connectivity index (χ2n) is 6.48. The Hall–Kier alpha value is -1.55. The van der Waals surface area contributed by atoms with Crippen molar-refractivity contribution in [3.8, 4) is 5.75 Å². The van der Waals surface area contributed by atoms with Crippen molar-refractivity contribution >= 4 is 5.97 Å². The SMILES string of the molecule is CCCOC(C)(C)CC(C)OC(=O)CC.COc1ccc(C)cc1. The number of rotatable bonds is 8. The summed E-state index contributed by atoms with van der Waals surface area (Å²) in [6.45, 7) is 12.6. The van der Waals surface area contributed by atoms with Gasteiger partial charge in [0.15, 0.2) is 0 Å². The zero-order valence-electron chi connectivity index (χ0n) is 16.3. The molecule has 138 valence electrons. The first-order valence-electron chi connectivity index (χ1n) is 8.68. The van der Waals surface area contributed by atoms with Crippen LogP contribution in [-0.4, -0.2) is 31.4 Å². The maximum atomic E-state index is 11.1. The Kier molecular flexibility index (Phi) is 11.1. The molecule has 0 saturated heterocycles. The summed E-state index contributed by atoms with van der Waals surface area (Å²) in [6.07, 6.45) is 2.09. The molecule has 0 saturated carbocycles. The molecule has 0 heterocycles. The van der Waals surface area contributed by atoms with E-state index in [1.807, 2.05) is 45.0 Å². The normalized spacial score (nSPS) is 12.0. The average Bonchev–Trinajstić information content (AvgIpc) is 2.53. The maximum Gasteiger partial charge on any atom is 0.305 e. The van der Waals surface area contributed by atoms with E-state index < -0.39 is 0 Å². The summed E-state index contributed by atoms with van der Waals surface area (Å²) in [5, 5.41) is 0. The quantitative estimate of drug-likeness (QED) is 0.631. The van der Waals surface area contributed by atoms with Crippen molar-refractivity contribution in [3.63, 3.8) is 0 Å². The molecule has 0 aliphatic rings. The number of ether oxygens (including phenoxy) is 3. The maximum absolute atomic E-state index is 11.1. The summed E-state index contributed by atoms with van der Waals surface area (Å²) in [5.41, 5.74) is 1.04. The highest BCUT2D eigenvalue weighted by Crippen LogP contribution is 2.19. The van der Waals surface area contributed by atoms with Crippen LogP contribution in [0.1, 0.15) is 59.4 Å². The van der Waals surface area contributed by atoms with E-state index in [1.54, 1.807) is 14.0 Å². The monoisotopic (exact) mass is 338 g/mol. The fourth-order valence-electron chi connectivity index (χ4n) is 2.15. The third-order valence-corrected chi connectivity index (χ3v) is 3.35.